The molecule has 0 radical (unpaired) electrons. The van der Waals surface area contributed by atoms with E-state index in [2.05, 4.69) is 35.6 Å². The Kier molecular flexibility index (Phi) is 8.76. The van der Waals surface area contributed by atoms with Crippen LogP contribution < -0.4 is 9.47 Å². The second kappa shape index (κ2) is 10.6. The summed E-state index contributed by atoms with van der Waals surface area (Å²) in [4.78, 5) is 11.6. The largest absolute Gasteiger partial charge is 0.466 e. The van der Waals surface area contributed by atoms with E-state index in [0.717, 1.165) is 27.9 Å². The van der Waals surface area contributed by atoms with E-state index in [-0.39, 0.29) is 6.79 Å². The van der Waals surface area contributed by atoms with E-state index in [1.54, 1.807) is 6.07 Å². The van der Waals surface area contributed by atoms with Gasteiger partial charge in [0, 0.05) is 30.3 Å². The molecule has 0 amide bonds. The number of carbonyl (C=O) groups is 1. The highest BCUT2D eigenvalue weighted by Crippen LogP contribution is 2.42. The predicted molar refractivity (Wildman–Crippen MR) is 125 cm³/mol. The van der Waals surface area contributed by atoms with Crippen molar-refractivity contribution in [1.82, 2.24) is 0 Å². The van der Waals surface area contributed by atoms with Gasteiger partial charge >= 0.3 is 0 Å². The van der Waals surface area contributed by atoms with Crippen LogP contribution in [0, 0.1) is 6.92 Å². The maximum atomic E-state index is 11.6. The van der Waals surface area contributed by atoms with Gasteiger partial charge in [-0.15, -0.1) is 0 Å². The first-order chi connectivity index (χ1) is 13.7. The van der Waals surface area contributed by atoms with Crippen molar-refractivity contribution in [2.24, 2.45) is 0 Å². The van der Waals surface area contributed by atoms with Gasteiger partial charge in [-0.2, -0.15) is 0 Å². The Morgan fingerprint density at radius 3 is 2.55 bits per heavy atom. The molecular formula is C22H28BrClO4Si. The van der Waals surface area contributed by atoms with Crippen molar-refractivity contribution in [3.63, 3.8) is 0 Å². The molecular weight excluding hydrogens is 472 g/mol. The number of halogens is 2. The molecule has 4 nitrogen and oxygen atoms in total. The fourth-order valence-electron chi connectivity index (χ4n) is 2.72. The van der Waals surface area contributed by atoms with E-state index in [1.807, 2.05) is 32.0 Å². The zero-order chi connectivity index (χ0) is 21.6. The van der Waals surface area contributed by atoms with Crippen molar-refractivity contribution < 1.29 is 19.0 Å². The molecule has 0 heterocycles. The van der Waals surface area contributed by atoms with Crippen molar-refractivity contribution in [3.8, 4) is 17.2 Å². The third-order valence-electron chi connectivity index (χ3n) is 4.50. The van der Waals surface area contributed by atoms with Gasteiger partial charge in [-0.05, 0) is 37.6 Å². The first-order valence-electron chi connectivity index (χ1n) is 9.62. The molecule has 0 aromatic heterocycles. The third kappa shape index (κ3) is 6.57. The summed E-state index contributed by atoms with van der Waals surface area (Å²) in [5.74, 6) is 1.65. The Balaban J connectivity index is 2.29. The molecule has 0 aliphatic carbocycles. The highest BCUT2D eigenvalue weighted by Gasteiger charge is 2.20. The van der Waals surface area contributed by atoms with Gasteiger partial charge in [-0.3, -0.25) is 4.79 Å². The monoisotopic (exact) mass is 498 g/mol. The Labute approximate surface area is 187 Å². The standard InChI is InChI=1S/C22H28BrClO4Si/c1-6-17-21(27-14-26-10-11-29(3,4)5)16(13-25)12-19(24)22(17)28-20-9-7-8-18(23)15(20)2/h7-9,12-13H,6,10-11,14H2,1-5H3. The molecule has 0 spiro atoms. The van der Waals surface area contributed by atoms with Crippen LogP contribution in [0.4, 0.5) is 0 Å². The highest BCUT2D eigenvalue weighted by atomic mass is 79.9. The third-order valence-corrected chi connectivity index (χ3v) is 7.35. The van der Waals surface area contributed by atoms with Gasteiger partial charge in [-0.1, -0.05) is 60.2 Å². The quantitative estimate of drug-likeness (QED) is 0.149. The van der Waals surface area contributed by atoms with Gasteiger partial charge in [0.2, 0.25) is 0 Å². The van der Waals surface area contributed by atoms with Crippen LogP contribution in [0.5, 0.6) is 17.2 Å². The lowest BCUT2D eigenvalue weighted by Gasteiger charge is -2.20. The average molecular weight is 500 g/mol. The van der Waals surface area contributed by atoms with Crippen LogP contribution in [0.15, 0.2) is 28.7 Å². The first-order valence-corrected chi connectivity index (χ1v) is 14.5. The second-order valence-corrected chi connectivity index (χ2v) is 14.9. The lowest BCUT2D eigenvalue weighted by atomic mass is 10.1. The molecule has 2 aromatic carbocycles. The summed E-state index contributed by atoms with van der Waals surface area (Å²) in [7, 11) is -1.17. The van der Waals surface area contributed by atoms with Gasteiger partial charge in [0.1, 0.15) is 11.5 Å². The first kappa shape index (κ1) is 23.9. The summed E-state index contributed by atoms with van der Waals surface area (Å²) in [6, 6.07) is 8.35. The minimum Gasteiger partial charge on any atom is -0.466 e. The molecule has 0 aliphatic rings. The molecule has 0 unspecified atom stereocenters. The average Bonchev–Trinajstić information content (AvgIpc) is 2.66. The van der Waals surface area contributed by atoms with E-state index < -0.39 is 8.07 Å². The normalized spacial score (nSPS) is 11.4. The molecule has 0 atom stereocenters. The summed E-state index contributed by atoms with van der Waals surface area (Å²) >= 11 is 9.98. The van der Waals surface area contributed by atoms with Crippen LogP contribution in [-0.2, 0) is 11.2 Å². The van der Waals surface area contributed by atoms with Crippen LogP contribution >= 0.6 is 27.5 Å². The number of ether oxygens (including phenoxy) is 3. The molecule has 2 aromatic rings. The maximum absolute atomic E-state index is 11.6. The predicted octanol–water partition coefficient (Wildman–Crippen LogP) is 7.27. The van der Waals surface area contributed by atoms with Crippen LogP contribution in [-0.4, -0.2) is 27.8 Å². The van der Waals surface area contributed by atoms with Gasteiger partial charge in [-0.25, -0.2) is 0 Å². The zero-order valence-corrected chi connectivity index (χ0v) is 20.9. The topological polar surface area (TPSA) is 44.8 Å². The number of rotatable bonds is 10. The molecule has 29 heavy (non-hydrogen) atoms. The van der Waals surface area contributed by atoms with E-state index in [9.17, 15) is 4.79 Å². The molecule has 0 saturated carbocycles. The van der Waals surface area contributed by atoms with E-state index in [1.165, 1.54) is 0 Å². The number of hydrogen-bond donors (Lipinski definition) is 0. The fourth-order valence-corrected chi connectivity index (χ4v) is 4.10. The molecule has 7 heteroatoms. The Bertz CT molecular complexity index is 865. The highest BCUT2D eigenvalue weighted by molar-refractivity contribution is 9.10. The van der Waals surface area contributed by atoms with Crippen molar-refractivity contribution in [2.75, 3.05) is 13.4 Å². The fraction of sp³-hybridized carbons (Fsp3) is 0.409. The number of carbonyl (C=O) groups excluding carboxylic acids is 1. The Morgan fingerprint density at radius 1 is 1.21 bits per heavy atom. The summed E-state index contributed by atoms with van der Waals surface area (Å²) in [5.41, 5.74) is 2.09. The number of hydrogen-bond acceptors (Lipinski definition) is 4. The van der Waals surface area contributed by atoms with Crippen molar-refractivity contribution in [3.05, 3.63) is 50.5 Å². The van der Waals surface area contributed by atoms with Crippen LogP contribution in [0.2, 0.25) is 30.7 Å². The molecule has 0 saturated heterocycles. The van der Waals surface area contributed by atoms with E-state index in [0.29, 0.717) is 40.9 Å². The minimum absolute atomic E-state index is 0.0787. The van der Waals surface area contributed by atoms with E-state index in [4.69, 9.17) is 25.8 Å². The van der Waals surface area contributed by atoms with Crippen LogP contribution in [0.1, 0.15) is 28.4 Å². The maximum Gasteiger partial charge on any atom is 0.189 e. The van der Waals surface area contributed by atoms with Crippen LogP contribution in [0.25, 0.3) is 0 Å². The number of aldehydes is 1. The zero-order valence-electron chi connectivity index (χ0n) is 17.6. The summed E-state index contributed by atoms with van der Waals surface area (Å²) in [5, 5.41) is 0.371. The lowest BCUT2D eigenvalue weighted by Crippen LogP contribution is -2.22. The second-order valence-electron chi connectivity index (χ2n) is 8.00. The minimum atomic E-state index is -1.17. The molecule has 0 aliphatic heterocycles. The summed E-state index contributed by atoms with van der Waals surface area (Å²) in [6.45, 7) is 11.5. The molecule has 0 bridgehead atoms. The molecule has 0 fully saturated rings. The Morgan fingerprint density at radius 2 is 1.93 bits per heavy atom. The molecule has 158 valence electrons. The van der Waals surface area contributed by atoms with E-state index >= 15 is 0 Å². The summed E-state index contributed by atoms with van der Waals surface area (Å²) < 4.78 is 18.6. The van der Waals surface area contributed by atoms with Crippen molar-refractivity contribution in [2.45, 2.75) is 46.0 Å². The summed E-state index contributed by atoms with van der Waals surface area (Å²) in [6.07, 6.45) is 1.34. The Hall–Kier alpha value is -1.34. The van der Waals surface area contributed by atoms with Gasteiger partial charge in [0.15, 0.2) is 18.8 Å². The SMILES string of the molecule is CCc1c(Oc2cccc(Br)c2C)c(Cl)cc(C=O)c1OCOCC[Si](C)(C)C. The van der Waals surface area contributed by atoms with Gasteiger partial charge < -0.3 is 14.2 Å². The number of benzene rings is 2. The van der Waals surface area contributed by atoms with Crippen LogP contribution in [0.3, 0.4) is 0 Å². The smallest absolute Gasteiger partial charge is 0.189 e. The van der Waals surface area contributed by atoms with Gasteiger partial charge in [0.25, 0.3) is 0 Å². The van der Waals surface area contributed by atoms with Crippen molar-refractivity contribution >= 4 is 41.9 Å². The molecule has 0 N–H and O–H groups in total. The lowest BCUT2D eigenvalue weighted by molar-refractivity contribution is 0.0210. The molecule has 2 rings (SSSR count). The van der Waals surface area contributed by atoms with Crippen molar-refractivity contribution in [1.29, 1.82) is 0 Å². The van der Waals surface area contributed by atoms with Gasteiger partial charge in [0.05, 0.1) is 10.6 Å².